The van der Waals surface area contributed by atoms with E-state index in [-0.39, 0.29) is 34.8 Å². The maximum absolute atomic E-state index is 12.2. The molecule has 0 aromatic heterocycles. The number of hydrogen-bond acceptors (Lipinski definition) is 3. The predicted molar refractivity (Wildman–Crippen MR) is 86.8 cm³/mol. The zero-order valence-corrected chi connectivity index (χ0v) is 15.8. The van der Waals surface area contributed by atoms with Crippen molar-refractivity contribution in [3.05, 3.63) is 66.2 Å². The molecule has 2 aliphatic carbocycles. The number of aliphatic imine (C=N–C) groups is 1. The Morgan fingerprint density at radius 3 is 2.04 bits per heavy atom. The van der Waals surface area contributed by atoms with E-state index < -0.39 is 0 Å². The Kier molecular flexibility index (Phi) is 12.3. The zero-order chi connectivity index (χ0) is 19.7. The fourth-order valence-electron chi connectivity index (χ4n) is 3.01. The molecule has 3 rings (SSSR count). The van der Waals surface area contributed by atoms with E-state index in [1.807, 2.05) is 32.9 Å². The Morgan fingerprint density at radius 2 is 1.54 bits per heavy atom. The van der Waals surface area contributed by atoms with Gasteiger partial charge in [0, 0.05) is 34.1 Å². The molecule has 2 atom stereocenters. The van der Waals surface area contributed by atoms with Crippen LogP contribution in [0.1, 0.15) is 20.8 Å². The summed E-state index contributed by atoms with van der Waals surface area (Å²) in [4.78, 5) is 17.0. The van der Waals surface area contributed by atoms with Crippen molar-refractivity contribution in [3.8, 4) is 0 Å². The van der Waals surface area contributed by atoms with Crippen molar-refractivity contribution >= 4 is 11.5 Å². The molecule has 26 heavy (non-hydrogen) atoms. The van der Waals surface area contributed by atoms with Crippen molar-refractivity contribution < 1.29 is 40.6 Å². The molecule has 0 radical (unpaired) electrons. The largest absolute Gasteiger partial charge is 0 e. The SMILES string of the molecule is COC1=C[C@@H]2N=C3C(C)=C(C)C(=O)C(C)=C3[C@@H]2C=C1.[C-]#[O+].[C-]#[O+].[C-]#[O+].[Fe]. The van der Waals surface area contributed by atoms with Gasteiger partial charge in [0.1, 0.15) is 5.76 Å². The van der Waals surface area contributed by atoms with Gasteiger partial charge in [-0.15, -0.1) is 0 Å². The number of ether oxygens (including phenoxy) is 1. The van der Waals surface area contributed by atoms with Crippen LogP contribution in [-0.4, -0.2) is 24.6 Å². The van der Waals surface area contributed by atoms with Gasteiger partial charge >= 0.3 is 33.9 Å². The molecule has 0 fully saturated rings. The maximum atomic E-state index is 12.2. The van der Waals surface area contributed by atoms with E-state index in [0.717, 1.165) is 33.8 Å². The van der Waals surface area contributed by atoms with E-state index in [9.17, 15) is 4.79 Å². The number of fused-ring (bicyclic) bond motifs is 3. The van der Waals surface area contributed by atoms with E-state index in [2.05, 4.69) is 26.0 Å². The van der Waals surface area contributed by atoms with Crippen LogP contribution >= 0.6 is 0 Å². The van der Waals surface area contributed by atoms with Crippen LogP contribution < -0.4 is 0 Å². The second-order valence-electron chi connectivity index (χ2n) is 5.24. The second-order valence-corrected chi connectivity index (χ2v) is 5.24. The molecular formula is C19H17FeNO5. The minimum Gasteiger partial charge on any atom is 0 e. The topological polar surface area (TPSA) is 98.4 Å². The molecule has 0 bridgehead atoms. The van der Waals surface area contributed by atoms with Crippen molar-refractivity contribution in [2.45, 2.75) is 26.8 Å². The second kappa shape index (κ2) is 12.2. The Bertz CT molecular complexity index is 748. The third kappa shape index (κ3) is 4.72. The summed E-state index contributed by atoms with van der Waals surface area (Å²) in [6.45, 7) is 19.3. The van der Waals surface area contributed by atoms with E-state index in [4.69, 9.17) is 23.7 Å². The van der Waals surface area contributed by atoms with Gasteiger partial charge in [0.25, 0.3) is 0 Å². The van der Waals surface area contributed by atoms with Gasteiger partial charge < -0.3 is 4.74 Å². The van der Waals surface area contributed by atoms with Crippen LogP contribution in [0.15, 0.2) is 51.3 Å². The number of carbonyl (C=O) groups is 1. The van der Waals surface area contributed by atoms with Crippen molar-refractivity contribution in [3.63, 3.8) is 0 Å². The monoisotopic (exact) mass is 395 g/mol. The van der Waals surface area contributed by atoms with Crippen LogP contribution in [0, 0.1) is 25.9 Å². The molecule has 0 aromatic rings. The van der Waals surface area contributed by atoms with Gasteiger partial charge in [-0.05, 0) is 44.1 Å². The number of rotatable bonds is 1. The van der Waals surface area contributed by atoms with E-state index in [1.54, 1.807) is 7.11 Å². The summed E-state index contributed by atoms with van der Waals surface area (Å²) in [5.74, 6) is 1.18. The van der Waals surface area contributed by atoms with Crippen LogP contribution in [0.3, 0.4) is 0 Å². The maximum Gasteiger partial charge on any atom is 0 e. The molecule has 0 spiro atoms. The first-order valence-electron chi connectivity index (χ1n) is 7.11. The fraction of sp³-hybridized carbons (Fsp3) is 0.316. The molecule has 7 heteroatoms. The smallest absolute Gasteiger partial charge is 0 e. The standard InChI is InChI=1S/C16H17NO2.3CO.Fe/c1-8-9(2)16(18)10(3)14-12-6-5-11(19-4)7-13(12)17-15(8)14;3*1-2;/h5-7,12-13H,1-4H3;;;;/t12-,13+;;;;/m1..../s1. The third-order valence-electron chi connectivity index (χ3n) is 4.28. The summed E-state index contributed by atoms with van der Waals surface area (Å²) in [6.07, 6.45) is 6.09. The van der Waals surface area contributed by atoms with Crippen molar-refractivity contribution in [2.24, 2.45) is 10.9 Å². The average Bonchev–Trinajstić information content (AvgIpc) is 3.08. The predicted octanol–water partition coefficient (Wildman–Crippen LogP) is 2.65. The first kappa shape index (κ1) is 26.1. The Morgan fingerprint density at radius 1 is 1.00 bits per heavy atom. The first-order valence-corrected chi connectivity index (χ1v) is 7.11. The quantitative estimate of drug-likeness (QED) is 0.295. The Hall–Kier alpha value is -2.16. The van der Waals surface area contributed by atoms with Crippen LogP contribution in [0.5, 0.6) is 0 Å². The molecule has 0 saturated heterocycles. The van der Waals surface area contributed by atoms with Crippen molar-refractivity contribution in [2.75, 3.05) is 7.11 Å². The summed E-state index contributed by atoms with van der Waals surface area (Å²) < 4.78 is 27.8. The van der Waals surface area contributed by atoms with Crippen LogP contribution in [0.2, 0.25) is 0 Å². The van der Waals surface area contributed by atoms with Crippen molar-refractivity contribution in [1.29, 1.82) is 0 Å². The minimum absolute atomic E-state index is 0. The van der Waals surface area contributed by atoms with Crippen LogP contribution in [0.4, 0.5) is 0 Å². The van der Waals surface area contributed by atoms with Gasteiger partial charge in [0.2, 0.25) is 0 Å². The molecule has 0 N–H and O–H groups in total. The molecule has 0 amide bonds. The molecule has 1 aliphatic heterocycles. The molecule has 0 unspecified atom stereocenters. The van der Waals surface area contributed by atoms with Crippen LogP contribution in [0.25, 0.3) is 0 Å². The van der Waals surface area contributed by atoms with Gasteiger partial charge in [-0.2, -0.15) is 0 Å². The number of carbonyl (C=O) groups excluding carboxylic acids is 1. The number of hydrogen-bond donors (Lipinski definition) is 0. The minimum atomic E-state index is 0. The molecule has 136 valence electrons. The Labute approximate surface area is 163 Å². The van der Waals surface area contributed by atoms with Gasteiger partial charge in [-0.3, -0.25) is 9.79 Å². The van der Waals surface area contributed by atoms with Gasteiger partial charge in [0.05, 0.1) is 18.9 Å². The number of ketones is 1. The molecule has 6 nitrogen and oxygen atoms in total. The van der Waals surface area contributed by atoms with Gasteiger partial charge in [-0.25, -0.2) is 0 Å². The summed E-state index contributed by atoms with van der Waals surface area (Å²) in [7, 11) is 1.66. The van der Waals surface area contributed by atoms with E-state index in [0.29, 0.717) is 0 Å². The van der Waals surface area contributed by atoms with Crippen LogP contribution in [-0.2, 0) is 40.6 Å². The van der Waals surface area contributed by atoms with E-state index in [1.165, 1.54) is 0 Å². The molecule has 1 heterocycles. The number of allylic oxidation sites excluding steroid dienone is 4. The third-order valence-corrected chi connectivity index (χ3v) is 4.28. The number of Topliss-reactive ketones (excluding diaryl/α,β-unsaturated/α-hetero) is 1. The van der Waals surface area contributed by atoms with Crippen molar-refractivity contribution in [1.82, 2.24) is 0 Å². The molecule has 0 saturated carbocycles. The first-order chi connectivity index (χ1) is 12.0. The molecule has 3 aliphatic rings. The summed E-state index contributed by atoms with van der Waals surface area (Å²) >= 11 is 0. The summed E-state index contributed by atoms with van der Waals surface area (Å²) in [6, 6.07) is 0.0635. The molecule has 0 aromatic carbocycles. The fourth-order valence-corrected chi connectivity index (χ4v) is 3.01. The van der Waals surface area contributed by atoms with Gasteiger partial charge in [-0.1, -0.05) is 6.08 Å². The zero-order valence-electron chi connectivity index (χ0n) is 14.7. The summed E-state index contributed by atoms with van der Waals surface area (Å²) in [5.41, 5.74) is 4.77. The van der Waals surface area contributed by atoms with E-state index >= 15 is 0 Å². The number of nitrogens with zero attached hydrogens (tertiary/aromatic N) is 1. The number of methoxy groups -OCH3 is 1. The average molecular weight is 395 g/mol. The molecular weight excluding hydrogens is 378 g/mol. The Balaban J connectivity index is 0. The normalized spacial score (nSPS) is 21.5. The summed E-state index contributed by atoms with van der Waals surface area (Å²) in [5, 5.41) is 0. The van der Waals surface area contributed by atoms with Gasteiger partial charge in [0.15, 0.2) is 5.78 Å².